The molecule has 0 unspecified atom stereocenters. The van der Waals surface area contributed by atoms with Crippen molar-refractivity contribution in [1.82, 2.24) is 0 Å². The molecule has 0 heterocycles. The Labute approximate surface area is 285 Å². The van der Waals surface area contributed by atoms with Crippen molar-refractivity contribution in [3.05, 3.63) is 128 Å². The molecule has 16 heteroatoms. The largest absolute Gasteiger partial charge is 0.399 e. The van der Waals surface area contributed by atoms with Crippen molar-refractivity contribution >= 4 is 90.3 Å². The number of rotatable bonds is 8. The molecule has 252 valence electrons. The van der Waals surface area contributed by atoms with E-state index < -0.39 is 53.0 Å². The summed E-state index contributed by atoms with van der Waals surface area (Å²) >= 11 is 0. The van der Waals surface area contributed by atoms with Gasteiger partial charge < -0.3 is 11.5 Å². The maximum Gasteiger partial charge on any atom is 0.296 e. The summed E-state index contributed by atoms with van der Waals surface area (Å²) in [5.74, 6) is -1.44. The molecule has 4 aromatic rings. The van der Waals surface area contributed by atoms with E-state index in [1.54, 1.807) is 48.5 Å². The van der Waals surface area contributed by atoms with Crippen molar-refractivity contribution in [1.29, 1.82) is 0 Å². The van der Waals surface area contributed by atoms with E-state index in [2.05, 4.69) is 21.1 Å². The molecule has 8 N–H and O–H groups in total. The lowest BCUT2D eigenvalue weighted by Crippen LogP contribution is -2.27. The molecule has 50 heavy (non-hydrogen) atoms. The van der Waals surface area contributed by atoms with E-state index in [0.717, 1.165) is 23.3 Å². The van der Waals surface area contributed by atoms with Crippen LogP contribution in [0.4, 0.5) is 22.7 Å². The van der Waals surface area contributed by atoms with Gasteiger partial charge in [0.2, 0.25) is 11.6 Å². The zero-order valence-corrected chi connectivity index (χ0v) is 27.2. The molecular formula is C34H26N6O8S2. The second kappa shape index (κ2) is 13.0. The third-order valence-electron chi connectivity index (χ3n) is 7.55. The quantitative estimate of drug-likeness (QED) is 0.0625. The van der Waals surface area contributed by atoms with Crippen LogP contribution in [0.2, 0.25) is 0 Å². The summed E-state index contributed by atoms with van der Waals surface area (Å²) in [5.41, 5.74) is 19.8. The van der Waals surface area contributed by atoms with E-state index in [1.807, 2.05) is 12.2 Å². The van der Waals surface area contributed by atoms with Crippen LogP contribution in [0, 0.1) is 0 Å². The van der Waals surface area contributed by atoms with Crippen molar-refractivity contribution in [2.45, 2.75) is 0 Å². The van der Waals surface area contributed by atoms with Crippen molar-refractivity contribution in [3.63, 3.8) is 0 Å². The lowest BCUT2D eigenvalue weighted by atomic mass is 9.94. The fraction of sp³-hybridized carbons (Fsp3) is 0. The molecule has 6 rings (SSSR count). The Morgan fingerprint density at radius 2 is 0.920 bits per heavy atom. The number of nitrogens with one attached hydrogen (secondary N) is 2. The Bertz CT molecular complexity index is 2290. The maximum atomic E-state index is 13.1. The van der Waals surface area contributed by atoms with Gasteiger partial charge in [-0.25, -0.2) is 0 Å². The molecule has 0 spiro atoms. The predicted molar refractivity (Wildman–Crippen MR) is 193 cm³/mol. The molecule has 2 aliphatic carbocycles. The number of Topliss-reactive ketones (excluding diaryl/α,β-unsaturated/α-hetero) is 2. The van der Waals surface area contributed by atoms with Gasteiger partial charge in [0.25, 0.3) is 20.2 Å². The number of ketones is 2. The summed E-state index contributed by atoms with van der Waals surface area (Å²) in [6.45, 7) is 0. The second-order valence-corrected chi connectivity index (χ2v) is 13.8. The highest BCUT2D eigenvalue weighted by atomic mass is 32.2. The summed E-state index contributed by atoms with van der Waals surface area (Å²) in [6, 6.07) is 22.4. The third-order valence-corrected chi connectivity index (χ3v) is 9.29. The van der Waals surface area contributed by atoms with E-state index in [1.165, 1.54) is 36.4 Å². The highest BCUT2D eigenvalue weighted by Gasteiger charge is 2.34. The number of benzene rings is 4. The summed E-state index contributed by atoms with van der Waals surface area (Å²) in [5, 5.41) is 7.98. The SMILES string of the molecule is Nc1ccc2c(c1)C(=O)/C(=N/Nc1ccc(/C=C/c3ccc(N/N=C4/C(=O)c5cc(N)ccc5C=C4S(=O)(=O)O)cc3)cc1)C(S(=O)(=O)O)=C2. The van der Waals surface area contributed by atoms with E-state index >= 15 is 0 Å². The van der Waals surface area contributed by atoms with Crippen LogP contribution in [-0.4, -0.2) is 48.9 Å². The summed E-state index contributed by atoms with van der Waals surface area (Å²) in [6.07, 6.45) is 5.94. The zero-order chi connectivity index (χ0) is 35.8. The number of hydrogen-bond acceptors (Lipinski definition) is 12. The van der Waals surface area contributed by atoms with Gasteiger partial charge in [-0.05, 0) is 82.9 Å². The topological polar surface area (TPSA) is 244 Å². The Kier molecular flexibility index (Phi) is 8.77. The molecule has 0 atom stereocenters. The van der Waals surface area contributed by atoms with Crippen LogP contribution >= 0.6 is 0 Å². The van der Waals surface area contributed by atoms with Crippen LogP contribution in [0.3, 0.4) is 0 Å². The Morgan fingerprint density at radius 1 is 0.560 bits per heavy atom. The Balaban J connectivity index is 1.13. The molecule has 0 amide bonds. The van der Waals surface area contributed by atoms with Gasteiger partial charge in [-0.2, -0.15) is 27.0 Å². The normalized spacial score (nSPS) is 16.2. The van der Waals surface area contributed by atoms with Gasteiger partial charge in [0.1, 0.15) is 9.81 Å². The van der Waals surface area contributed by atoms with Crippen LogP contribution in [-0.2, 0) is 20.2 Å². The minimum atomic E-state index is -4.77. The molecule has 0 saturated heterocycles. The third kappa shape index (κ3) is 7.13. The van der Waals surface area contributed by atoms with Crippen LogP contribution in [0.5, 0.6) is 0 Å². The molecule has 4 aromatic carbocycles. The number of anilines is 4. The zero-order valence-electron chi connectivity index (χ0n) is 25.6. The number of hydrazone groups is 2. The first kappa shape index (κ1) is 33.7. The fourth-order valence-corrected chi connectivity index (χ4v) is 6.38. The van der Waals surface area contributed by atoms with Gasteiger partial charge in [0.15, 0.2) is 11.4 Å². The average molecular weight is 711 g/mol. The maximum absolute atomic E-state index is 13.1. The molecule has 0 fully saturated rings. The molecule has 0 aliphatic heterocycles. The fourth-order valence-electron chi connectivity index (χ4n) is 5.07. The number of carbonyl (C=O) groups excluding carboxylic acids is 2. The number of nitrogens with two attached hydrogens (primary N) is 2. The van der Waals surface area contributed by atoms with Gasteiger partial charge in [-0.1, -0.05) is 48.6 Å². The van der Waals surface area contributed by atoms with Crippen molar-refractivity contribution in [2.24, 2.45) is 10.2 Å². The summed E-state index contributed by atoms with van der Waals surface area (Å²) < 4.78 is 67.6. The number of hydrogen-bond donors (Lipinski definition) is 6. The van der Waals surface area contributed by atoms with Crippen LogP contribution in [0.15, 0.2) is 105 Å². The first-order chi connectivity index (χ1) is 23.7. The average Bonchev–Trinajstić information content (AvgIpc) is 3.07. The van der Waals surface area contributed by atoms with Gasteiger partial charge in [-0.15, -0.1) is 0 Å². The van der Waals surface area contributed by atoms with E-state index in [0.29, 0.717) is 22.7 Å². The molecule has 0 saturated carbocycles. The molecule has 14 nitrogen and oxygen atoms in total. The minimum Gasteiger partial charge on any atom is -0.399 e. The molecule has 2 aliphatic rings. The van der Waals surface area contributed by atoms with Crippen molar-refractivity contribution in [2.75, 3.05) is 22.3 Å². The van der Waals surface area contributed by atoms with Crippen molar-refractivity contribution < 1.29 is 35.5 Å². The smallest absolute Gasteiger partial charge is 0.296 e. The number of nitrogens with zero attached hydrogens (tertiary/aromatic N) is 2. The summed E-state index contributed by atoms with van der Waals surface area (Å²) in [7, 11) is -9.54. The number of carbonyl (C=O) groups is 2. The highest BCUT2D eigenvalue weighted by Crippen LogP contribution is 2.29. The standard InChI is InChI=1S/C34H26N6O8S2/c35-23-9-7-21-15-29(49(43,44)45)31(33(41)27(21)17-23)39-37-25-11-3-19(4-12-25)1-2-20-5-13-26(14-6-20)38-40-32-30(50(46,47)48)16-22-8-10-24(36)18-28(22)34(32)42/h1-18,37-38H,35-36H2,(H,43,44,45)(H,46,47,48)/b2-1+,39-31+,40-32+. The van der Waals surface area contributed by atoms with Gasteiger partial charge in [-0.3, -0.25) is 29.5 Å². The summed E-state index contributed by atoms with van der Waals surface area (Å²) in [4.78, 5) is 24.8. The molecule has 0 radical (unpaired) electrons. The first-order valence-corrected chi connectivity index (χ1v) is 17.4. The number of fused-ring (bicyclic) bond motifs is 2. The molecule has 0 aromatic heterocycles. The lowest BCUT2D eigenvalue weighted by molar-refractivity contribution is 0.105. The van der Waals surface area contributed by atoms with Crippen LogP contribution in [0.1, 0.15) is 43.0 Å². The lowest BCUT2D eigenvalue weighted by Gasteiger charge is -2.16. The number of nitrogen functional groups attached to an aromatic ring is 2. The highest BCUT2D eigenvalue weighted by molar-refractivity contribution is 7.91. The molecule has 0 bridgehead atoms. The predicted octanol–water partition coefficient (Wildman–Crippen LogP) is 4.81. The Morgan fingerprint density at radius 3 is 1.26 bits per heavy atom. The van der Waals surface area contributed by atoms with Gasteiger partial charge in [0, 0.05) is 22.5 Å². The second-order valence-electron chi connectivity index (χ2n) is 11.0. The van der Waals surface area contributed by atoms with E-state index in [4.69, 9.17) is 11.5 Å². The van der Waals surface area contributed by atoms with Gasteiger partial charge in [0.05, 0.1) is 11.4 Å². The van der Waals surface area contributed by atoms with Crippen LogP contribution < -0.4 is 22.3 Å². The van der Waals surface area contributed by atoms with Gasteiger partial charge >= 0.3 is 0 Å². The molecular weight excluding hydrogens is 685 g/mol. The van der Waals surface area contributed by atoms with E-state index in [9.17, 15) is 35.5 Å². The first-order valence-electron chi connectivity index (χ1n) is 14.5. The Hall–Kier alpha value is -6.20. The van der Waals surface area contributed by atoms with E-state index in [-0.39, 0.29) is 22.3 Å². The minimum absolute atomic E-state index is 0.149. The van der Waals surface area contributed by atoms with Crippen LogP contribution in [0.25, 0.3) is 24.3 Å². The van der Waals surface area contributed by atoms with Crippen molar-refractivity contribution in [3.8, 4) is 0 Å². The number of allylic oxidation sites excluding steroid dienone is 2. The monoisotopic (exact) mass is 710 g/mol.